The van der Waals surface area contributed by atoms with E-state index in [2.05, 4.69) is 25.2 Å². The van der Waals surface area contributed by atoms with E-state index in [4.69, 9.17) is 0 Å². The van der Waals surface area contributed by atoms with Gasteiger partial charge < -0.3 is 9.88 Å². The van der Waals surface area contributed by atoms with Gasteiger partial charge in [-0.2, -0.15) is 10.2 Å². The van der Waals surface area contributed by atoms with Crippen LogP contribution in [0.25, 0.3) is 27.6 Å². The van der Waals surface area contributed by atoms with Crippen molar-refractivity contribution in [2.24, 2.45) is 0 Å². The van der Waals surface area contributed by atoms with Crippen LogP contribution in [0.4, 0.5) is 4.39 Å². The van der Waals surface area contributed by atoms with Gasteiger partial charge >= 0.3 is 0 Å². The summed E-state index contributed by atoms with van der Waals surface area (Å²) < 4.78 is 17.7. The van der Waals surface area contributed by atoms with Crippen molar-refractivity contribution in [2.75, 3.05) is 6.54 Å². The zero-order chi connectivity index (χ0) is 14.7. The molecule has 0 saturated heterocycles. The van der Waals surface area contributed by atoms with Crippen molar-refractivity contribution in [3.05, 3.63) is 42.1 Å². The fraction of sp³-hybridized carbons (Fsp3) is 0.200. The maximum absolute atomic E-state index is 13.6. The first kappa shape index (κ1) is 11.9. The summed E-state index contributed by atoms with van der Waals surface area (Å²) in [5.41, 5.74) is 4.88. The van der Waals surface area contributed by atoms with Gasteiger partial charge in [0.15, 0.2) is 0 Å². The van der Waals surface area contributed by atoms with Crippen LogP contribution in [-0.2, 0) is 13.1 Å². The van der Waals surface area contributed by atoms with Crippen molar-refractivity contribution in [3.8, 4) is 5.69 Å². The summed E-state index contributed by atoms with van der Waals surface area (Å²) >= 11 is 0. The number of hydrogen-bond acceptors (Lipinski definition) is 3. The van der Waals surface area contributed by atoms with Crippen LogP contribution in [0, 0.1) is 5.82 Å². The highest BCUT2D eigenvalue weighted by Gasteiger charge is 2.20. The quantitative estimate of drug-likeness (QED) is 0.564. The SMILES string of the molecule is Fc1ccc2c(c1)c1[nH]ncc1n2-c1cnn2c1CNCC2. The van der Waals surface area contributed by atoms with Gasteiger partial charge in [0.25, 0.3) is 0 Å². The van der Waals surface area contributed by atoms with Crippen LogP contribution >= 0.6 is 0 Å². The first-order valence-electron chi connectivity index (χ1n) is 7.22. The third-order valence-corrected chi connectivity index (χ3v) is 4.29. The summed E-state index contributed by atoms with van der Waals surface area (Å²) in [6, 6.07) is 4.83. The molecule has 3 aromatic heterocycles. The lowest BCUT2D eigenvalue weighted by atomic mass is 10.2. The normalized spacial score (nSPS) is 14.8. The summed E-state index contributed by atoms with van der Waals surface area (Å²) in [7, 11) is 0. The van der Waals surface area contributed by atoms with Crippen LogP contribution in [-0.4, -0.2) is 31.1 Å². The van der Waals surface area contributed by atoms with Crippen LogP contribution < -0.4 is 5.32 Å². The number of hydrogen-bond donors (Lipinski definition) is 2. The van der Waals surface area contributed by atoms with E-state index in [1.54, 1.807) is 18.3 Å². The number of nitrogens with zero attached hydrogens (tertiary/aromatic N) is 4. The number of nitrogens with one attached hydrogen (secondary N) is 2. The van der Waals surface area contributed by atoms with E-state index in [9.17, 15) is 4.39 Å². The van der Waals surface area contributed by atoms with Gasteiger partial charge in [0.2, 0.25) is 0 Å². The molecule has 0 saturated carbocycles. The van der Waals surface area contributed by atoms with E-state index < -0.39 is 0 Å². The number of halogens is 1. The van der Waals surface area contributed by atoms with Crippen LogP contribution in [0.3, 0.4) is 0 Å². The zero-order valence-corrected chi connectivity index (χ0v) is 11.7. The lowest BCUT2D eigenvalue weighted by Gasteiger charge is -2.17. The predicted octanol–water partition coefficient (Wildman–Crippen LogP) is 1.95. The van der Waals surface area contributed by atoms with Crippen molar-refractivity contribution in [1.82, 2.24) is 29.9 Å². The molecule has 1 aromatic carbocycles. The number of H-pyrrole nitrogens is 1. The molecule has 110 valence electrons. The minimum Gasteiger partial charge on any atom is -0.309 e. The molecule has 5 rings (SSSR count). The second-order valence-electron chi connectivity index (χ2n) is 5.50. The van der Waals surface area contributed by atoms with E-state index in [-0.39, 0.29) is 5.82 Å². The van der Waals surface area contributed by atoms with Crippen molar-refractivity contribution in [1.29, 1.82) is 0 Å². The zero-order valence-electron chi connectivity index (χ0n) is 11.7. The average molecular weight is 296 g/mol. The Kier molecular flexibility index (Phi) is 2.26. The Bertz CT molecular complexity index is 1010. The Balaban J connectivity index is 1.90. The number of fused-ring (bicyclic) bond motifs is 4. The third kappa shape index (κ3) is 1.46. The first-order chi connectivity index (χ1) is 10.8. The molecule has 4 heterocycles. The molecule has 0 fully saturated rings. The minimum absolute atomic E-state index is 0.250. The van der Waals surface area contributed by atoms with E-state index >= 15 is 0 Å². The van der Waals surface area contributed by atoms with Gasteiger partial charge in [-0.25, -0.2) is 4.39 Å². The van der Waals surface area contributed by atoms with Crippen molar-refractivity contribution in [2.45, 2.75) is 13.1 Å². The lowest BCUT2D eigenvalue weighted by molar-refractivity contribution is 0.475. The monoisotopic (exact) mass is 296 g/mol. The highest BCUT2D eigenvalue weighted by atomic mass is 19.1. The molecule has 4 aromatic rings. The Labute approximate surface area is 124 Å². The van der Waals surface area contributed by atoms with E-state index in [1.165, 1.54) is 6.07 Å². The highest BCUT2D eigenvalue weighted by Crippen LogP contribution is 2.32. The van der Waals surface area contributed by atoms with E-state index in [0.29, 0.717) is 0 Å². The molecule has 7 heteroatoms. The van der Waals surface area contributed by atoms with Gasteiger partial charge in [-0.05, 0) is 18.2 Å². The Hall–Kier alpha value is -2.67. The number of aromatic nitrogens is 5. The summed E-state index contributed by atoms with van der Waals surface area (Å²) in [4.78, 5) is 0. The van der Waals surface area contributed by atoms with Gasteiger partial charge in [0.05, 0.1) is 46.9 Å². The average Bonchev–Trinajstić information content (AvgIpc) is 3.21. The molecule has 1 aliphatic heterocycles. The summed E-state index contributed by atoms with van der Waals surface area (Å²) in [6.45, 7) is 2.56. The van der Waals surface area contributed by atoms with Gasteiger partial charge in [0, 0.05) is 18.5 Å². The molecule has 0 aliphatic carbocycles. The van der Waals surface area contributed by atoms with Crippen molar-refractivity contribution in [3.63, 3.8) is 0 Å². The summed E-state index contributed by atoms with van der Waals surface area (Å²) in [5, 5.41) is 15.8. The minimum atomic E-state index is -0.250. The largest absolute Gasteiger partial charge is 0.309 e. The molecule has 1 aliphatic rings. The summed E-state index contributed by atoms with van der Waals surface area (Å²) in [6.07, 6.45) is 3.64. The molecule has 6 nitrogen and oxygen atoms in total. The first-order valence-corrected chi connectivity index (χ1v) is 7.22. The van der Waals surface area contributed by atoms with Crippen molar-refractivity contribution >= 4 is 21.9 Å². The van der Waals surface area contributed by atoms with Gasteiger partial charge in [0.1, 0.15) is 5.82 Å². The lowest BCUT2D eigenvalue weighted by Crippen LogP contribution is -2.29. The predicted molar refractivity (Wildman–Crippen MR) is 80.4 cm³/mol. The Morgan fingerprint density at radius 1 is 1.18 bits per heavy atom. The van der Waals surface area contributed by atoms with Crippen LogP contribution in [0.15, 0.2) is 30.6 Å². The maximum atomic E-state index is 13.6. The fourth-order valence-corrected chi connectivity index (χ4v) is 3.29. The fourth-order valence-electron chi connectivity index (χ4n) is 3.29. The molecule has 0 unspecified atom stereocenters. The van der Waals surface area contributed by atoms with Crippen LogP contribution in [0.1, 0.15) is 5.69 Å². The van der Waals surface area contributed by atoms with E-state index in [0.717, 1.165) is 53.0 Å². The Morgan fingerprint density at radius 3 is 3.09 bits per heavy atom. The van der Waals surface area contributed by atoms with Gasteiger partial charge in [-0.3, -0.25) is 9.78 Å². The van der Waals surface area contributed by atoms with Gasteiger partial charge in [-0.1, -0.05) is 0 Å². The molecule has 2 N–H and O–H groups in total. The van der Waals surface area contributed by atoms with Crippen LogP contribution in [0.2, 0.25) is 0 Å². The highest BCUT2D eigenvalue weighted by molar-refractivity contribution is 6.06. The molecule has 0 radical (unpaired) electrons. The molecular weight excluding hydrogens is 283 g/mol. The maximum Gasteiger partial charge on any atom is 0.124 e. The molecule has 0 atom stereocenters. The third-order valence-electron chi connectivity index (χ3n) is 4.29. The molecule has 22 heavy (non-hydrogen) atoms. The standard InChI is InChI=1S/C15H13FN6/c16-9-1-2-11-10(5-9)15-14(7-18-20-15)22(11)13-8-19-21-4-3-17-6-12(13)21/h1-2,5,7-8,17H,3-4,6H2,(H,18,20). The molecule has 0 bridgehead atoms. The molecule has 0 spiro atoms. The molecular formula is C15H13FN6. The van der Waals surface area contributed by atoms with Crippen molar-refractivity contribution < 1.29 is 4.39 Å². The number of benzene rings is 1. The van der Waals surface area contributed by atoms with Gasteiger partial charge in [-0.15, -0.1) is 0 Å². The Morgan fingerprint density at radius 2 is 2.14 bits per heavy atom. The summed E-state index contributed by atoms with van der Waals surface area (Å²) in [5.74, 6) is -0.250. The second kappa shape index (κ2) is 4.17. The second-order valence-corrected chi connectivity index (χ2v) is 5.50. The molecule has 0 amide bonds. The van der Waals surface area contributed by atoms with E-state index in [1.807, 2.05) is 10.9 Å². The number of aromatic amines is 1. The topological polar surface area (TPSA) is 63.5 Å². The smallest absolute Gasteiger partial charge is 0.124 e. The number of rotatable bonds is 1. The van der Waals surface area contributed by atoms with Crippen LogP contribution in [0.5, 0.6) is 0 Å².